The standard InChI is InChI=1S/C18H39N3/c1-6-21(7-2)14-13-20-18(15-19)11-8-9-16(10-12-18)17(3,4)5/h16,20H,6-15,19H2,1-5H3. The third kappa shape index (κ3) is 5.88. The molecule has 0 aromatic rings. The summed E-state index contributed by atoms with van der Waals surface area (Å²) in [5.74, 6) is 0.843. The zero-order chi connectivity index (χ0) is 15.9. The number of hydrogen-bond acceptors (Lipinski definition) is 3. The lowest BCUT2D eigenvalue weighted by molar-refractivity contribution is 0.204. The third-order valence-corrected chi connectivity index (χ3v) is 5.62. The van der Waals surface area contributed by atoms with Gasteiger partial charge in [-0.2, -0.15) is 0 Å². The normalized spacial score (nSPS) is 27.9. The molecule has 2 atom stereocenters. The van der Waals surface area contributed by atoms with E-state index in [9.17, 15) is 0 Å². The molecule has 3 nitrogen and oxygen atoms in total. The van der Waals surface area contributed by atoms with Crippen molar-refractivity contribution in [1.29, 1.82) is 0 Å². The molecule has 0 spiro atoms. The predicted octanol–water partition coefficient (Wildman–Crippen LogP) is 3.24. The van der Waals surface area contributed by atoms with E-state index in [1.54, 1.807) is 0 Å². The first-order chi connectivity index (χ1) is 9.87. The summed E-state index contributed by atoms with van der Waals surface area (Å²) in [7, 11) is 0. The highest BCUT2D eigenvalue weighted by molar-refractivity contribution is 4.93. The highest BCUT2D eigenvalue weighted by atomic mass is 15.1. The van der Waals surface area contributed by atoms with Gasteiger partial charge in [0.25, 0.3) is 0 Å². The van der Waals surface area contributed by atoms with E-state index in [2.05, 4.69) is 44.8 Å². The molecule has 0 saturated heterocycles. The maximum atomic E-state index is 6.17. The Morgan fingerprint density at radius 1 is 1.14 bits per heavy atom. The van der Waals surface area contributed by atoms with Crippen LogP contribution < -0.4 is 11.1 Å². The highest BCUT2D eigenvalue weighted by Crippen LogP contribution is 2.39. The highest BCUT2D eigenvalue weighted by Gasteiger charge is 2.34. The molecule has 0 aliphatic heterocycles. The van der Waals surface area contributed by atoms with Gasteiger partial charge in [-0.15, -0.1) is 0 Å². The number of nitrogens with two attached hydrogens (primary N) is 1. The first kappa shape index (κ1) is 18.9. The van der Waals surface area contributed by atoms with Gasteiger partial charge in [0.05, 0.1) is 0 Å². The molecule has 0 heterocycles. The molecule has 0 aromatic heterocycles. The van der Waals surface area contributed by atoms with Crippen LogP contribution in [0.2, 0.25) is 0 Å². The molecule has 0 bridgehead atoms. The van der Waals surface area contributed by atoms with E-state index in [0.29, 0.717) is 5.41 Å². The third-order valence-electron chi connectivity index (χ3n) is 5.62. The summed E-state index contributed by atoms with van der Waals surface area (Å²) < 4.78 is 0. The van der Waals surface area contributed by atoms with Crippen molar-refractivity contribution in [3.8, 4) is 0 Å². The maximum absolute atomic E-state index is 6.17. The van der Waals surface area contributed by atoms with E-state index in [4.69, 9.17) is 5.73 Å². The lowest BCUT2D eigenvalue weighted by Crippen LogP contribution is -2.53. The molecular weight excluding hydrogens is 258 g/mol. The Labute approximate surface area is 133 Å². The summed E-state index contributed by atoms with van der Waals surface area (Å²) in [4.78, 5) is 2.48. The molecular formula is C18H39N3. The second-order valence-corrected chi connectivity index (χ2v) is 7.93. The lowest BCUT2D eigenvalue weighted by Gasteiger charge is -2.35. The quantitative estimate of drug-likeness (QED) is 0.709. The maximum Gasteiger partial charge on any atom is 0.0304 e. The molecule has 1 aliphatic rings. The molecule has 1 aliphatic carbocycles. The first-order valence-electron chi connectivity index (χ1n) is 9.04. The molecule has 0 aromatic carbocycles. The van der Waals surface area contributed by atoms with Crippen LogP contribution in [0.4, 0.5) is 0 Å². The minimum absolute atomic E-state index is 0.188. The van der Waals surface area contributed by atoms with Gasteiger partial charge >= 0.3 is 0 Å². The van der Waals surface area contributed by atoms with Crippen LogP contribution in [0.5, 0.6) is 0 Å². The second-order valence-electron chi connectivity index (χ2n) is 7.93. The Morgan fingerprint density at radius 3 is 2.33 bits per heavy atom. The molecule has 2 unspecified atom stereocenters. The van der Waals surface area contributed by atoms with E-state index in [1.165, 1.54) is 32.1 Å². The van der Waals surface area contributed by atoms with Crippen molar-refractivity contribution in [1.82, 2.24) is 10.2 Å². The van der Waals surface area contributed by atoms with Crippen LogP contribution in [0.1, 0.15) is 66.7 Å². The summed E-state index contributed by atoms with van der Waals surface area (Å²) >= 11 is 0. The van der Waals surface area contributed by atoms with Crippen molar-refractivity contribution in [3.63, 3.8) is 0 Å². The van der Waals surface area contributed by atoms with E-state index in [1.807, 2.05) is 0 Å². The van der Waals surface area contributed by atoms with Gasteiger partial charge in [0, 0.05) is 25.2 Å². The van der Waals surface area contributed by atoms with Crippen molar-refractivity contribution >= 4 is 0 Å². The van der Waals surface area contributed by atoms with Crippen LogP contribution >= 0.6 is 0 Å². The van der Waals surface area contributed by atoms with E-state index < -0.39 is 0 Å². The number of rotatable bonds is 7. The lowest BCUT2D eigenvalue weighted by atomic mass is 9.76. The van der Waals surface area contributed by atoms with E-state index in [-0.39, 0.29) is 5.54 Å². The number of likely N-dealkylation sites (N-methyl/N-ethyl adjacent to an activating group) is 1. The monoisotopic (exact) mass is 297 g/mol. The number of nitrogens with zero attached hydrogens (tertiary/aromatic N) is 1. The van der Waals surface area contributed by atoms with Gasteiger partial charge in [-0.25, -0.2) is 0 Å². The molecule has 3 heteroatoms. The van der Waals surface area contributed by atoms with Gasteiger partial charge < -0.3 is 16.0 Å². The van der Waals surface area contributed by atoms with Crippen molar-refractivity contribution in [3.05, 3.63) is 0 Å². The summed E-state index contributed by atoms with van der Waals surface area (Å²) in [5, 5.41) is 3.83. The van der Waals surface area contributed by atoms with Crippen molar-refractivity contribution < 1.29 is 0 Å². The SMILES string of the molecule is CCN(CC)CCNC1(CN)CCCC(C(C)(C)C)CC1. The van der Waals surface area contributed by atoms with Crippen LogP contribution in [0.3, 0.4) is 0 Å². The summed E-state index contributed by atoms with van der Waals surface area (Å²) in [6.45, 7) is 16.9. The van der Waals surface area contributed by atoms with Gasteiger partial charge in [-0.3, -0.25) is 0 Å². The van der Waals surface area contributed by atoms with Crippen LogP contribution in [0.25, 0.3) is 0 Å². The van der Waals surface area contributed by atoms with Crippen molar-refractivity contribution in [2.45, 2.75) is 72.3 Å². The summed E-state index contributed by atoms with van der Waals surface area (Å²) in [6, 6.07) is 0. The molecule has 1 rings (SSSR count). The average Bonchev–Trinajstić information content (AvgIpc) is 2.66. The van der Waals surface area contributed by atoms with Gasteiger partial charge in [0.1, 0.15) is 0 Å². The van der Waals surface area contributed by atoms with E-state index in [0.717, 1.165) is 38.6 Å². The fraction of sp³-hybridized carbons (Fsp3) is 1.00. The zero-order valence-corrected chi connectivity index (χ0v) is 15.2. The Kier molecular flexibility index (Phi) is 7.66. The summed E-state index contributed by atoms with van der Waals surface area (Å²) in [6.07, 6.45) is 6.48. The Hall–Kier alpha value is -0.120. The Bertz CT molecular complexity index is 281. The fourth-order valence-electron chi connectivity index (χ4n) is 3.74. The fourth-order valence-corrected chi connectivity index (χ4v) is 3.74. The zero-order valence-electron chi connectivity index (χ0n) is 15.2. The molecule has 1 fully saturated rings. The predicted molar refractivity (Wildman–Crippen MR) is 93.6 cm³/mol. The Morgan fingerprint density at radius 2 is 1.81 bits per heavy atom. The number of hydrogen-bond donors (Lipinski definition) is 2. The molecule has 3 N–H and O–H groups in total. The van der Waals surface area contributed by atoms with Gasteiger partial charge in [-0.05, 0) is 50.1 Å². The molecule has 0 amide bonds. The van der Waals surface area contributed by atoms with Crippen molar-refractivity contribution in [2.75, 3.05) is 32.7 Å². The van der Waals surface area contributed by atoms with Gasteiger partial charge in [0.2, 0.25) is 0 Å². The first-order valence-corrected chi connectivity index (χ1v) is 9.04. The van der Waals surface area contributed by atoms with Crippen LogP contribution in [-0.4, -0.2) is 43.2 Å². The molecule has 21 heavy (non-hydrogen) atoms. The van der Waals surface area contributed by atoms with Gasteiger partial charge in [-0.1, -0.05) is 41.0 Å². The second kappa shape index (κ2) is 8.50. The topological polar surface area (TPSA) is 41.3 Å². The van der Waals surface area contributed by atoms with E-state index >= 15 is 0 Å². The van der Waals surface area contributed by atoms with Crippen LogP contribution in [0, 0.1) is 11.3 Å². The van der Waals surface area contributed by atoms with Gasteiger partial charge in [0.15, 0.2) is 0 Å². The Balaban J connectivity index is 2.52. The molecule has 1 saturated carbocycles. The summed E-state index contributed by atoms with van der Waals surface area (Å²) in [5.41, 5.74) is 6.79. The molecule has 126 valence electrons. The van der Waals surface area contributed by atoms with Crippen LogP contribution in [0.15, 0.2) is 0 Å². The largest absolute Gasteiger partial charge is 0.329 e. The minimum Gasteiger partial charge on any atom is -0.329 e. The average molecular weight is 298 g/mol. The van der Waals surface area contributed by atoms with Crippen molar-refractivity contribution in [2.24, 2.45) is 17.1 Å². The number of nitrogens with one attached hydrogen (secondary N) is 1. The van der Waals surface area contributed by atoms with Crippen LogP contribution in [-0.2, 0) is 0 Å². The molecule has 0 radical (unpaired) electrons. The minimum atomic E-state index is 0.188. The smallest absolute Gasteiger partial charge is 0.0304 e.